The van der Waals surface area contributed by atoms with Gasteiger partial charge in [-0.3, -0.25) is 0 Å². The van der Waals surface area contributed by atoms with Crippen LogP contribution < -0.4 is 10.1 Å². The number of anilines is 1. The van der Waals surface area contributed by atoms with Gasteiger partial charge in [-0.1, -0.05) is 25.8 Å². The second-order valence-corrected chi connectivity index (χ2v) is 5.41. The fourth-order valence-electron chi connectivity index (χ4n) is 2.58. The van der Waals surface area contributed by atoms with Crippen LogP contribution in [0.3, 0.4) is 0 Å². The van der Waals surface area contributed by atoms with Crippen LogP contribution in [0.2, 0.25) is 0 Å². The van der Waals surface area contributed by atoms with E-state index in [4.69, 9.17) is 0 Å². The van der Waals surface area contributed by atoms with E-state index in [0.717, 1.165) is 18.2 Å². The number of hydrogen-bond acceptors (Lipinski definition) is 2. The van der Waals surface area contributed by atoms with E-state index in [1.807, 2.05) is 6.07 Å². The topological polar surface area (TPSA) is 21.3 Å². The molecule has 106 valence electrons. The van der Waals surface area contributed by atoms with E-state index in [2.05, 4.69) is 17.0 Å². The molecular weight excluding hydrogens is 248 g/mol. The van der Waals surface area contributed by atoms with Crippen molar-refractivity contribution in [3.63, 3.8) is 0 Å². The molecule has 0 atom stereocenters. The summed E-state index contributed by atoms with van der Waals surface area (Å²) in [6, 6.07) is 6.77. The van der Waals surface area contributed by atoms with E-state index in [0.29, 0.717) is 5.92 Å². The van der Waals surface area contributed by atoms with Crippen LogP contribution in [-0.4, -0.2) is 13.2 Å². The van der Waals surface area contributed by atoms with Gasteiger partial charge in [0.15, 0.2) is 0 Å². The summed E-state index contributed by atoms with van der Waals surface area (Å²) in [5.74, 6) is 1.74. The molecule has 0 radical (unpaired) electrons. The van der Waals surface area contributed by atoms with Crippen LogP contribution in [0.5, 0.6) is 5.75 Å². The smallest absolute Gasteiger partial charge is 0.387 e. The summed E-state index contributed by atoms with van der Waals surface area (Å²) in [5, 5.41) is 3.32. The summed E-state index contributed by atoms with van der Waals surface area (Å²) < 4.78 is 28.6. The van der Waals surface area contributed by atoms with Gasteiger partial charge in [-0.25, -0.2) is 0 Å². The van der Waals surface area contributed by atoms with Gasteiger partial charge in [-0.15, -0.1) is 0 Å². The number of benzene rings is 1. The van der Waals surface area contributed by atoms with Gasteiger partial charge in [-0.05, 0) is 36.8 Å². The van der Waals surface area contributed by atoms with E-state index in [1.54, 1.807) is 18.2 Å². The second kappa shape index (κ2) is 6.73. The maximum absolute atomic E-state index is 12.1. The van der Waals surface area contributed by atoms with Crippen molar-refractivity contribution in [2.75, 3.05) is 11.9 Å². The highest BCUT2D eigenvalue weighted by molar-refractivity contribution is 5.48. The first kappa shape index (κ1) is 14.1. The maximum atomic E-state index is 12.1. The van der Waals surface area contributed by atoms with Gasteiger partial charge in [-0.2, -0.15) is 8.78 Å². The molecule has 0 amide bonds. The lowest BCUT2D eigenvalue weighted by Crippen LogP contribution is -2.20. The molecule has 1 aliphatic carbocycles. The maximum Gasteiger partial charge on any atom is 0.387 e. The first-order valence-electron chi connectivity index (χ1n) is 6.92. The average Bonchev–Trinajstić information content (AvgIpc) is 2.38. The molecule has 1 aromatic rings. The van der Waals surface area contributed by atoms with Crippen molar-refractivity contribution in [1.29, 1.82) is 0 Å². The van der Waals surface area contributed by atoms with Crippen molar-refractivity contribution in [1.82, 2.24) is 0 Å². The third-order valence-electron chi connectivity index (χ3n) is 3.79. The summed E-state index contributed by atoms with van der Waals surface area (Å²) in [6.45, 7) is 0.440. The zero-order valence-electron chi connectivity index (χ0n) is 11.2. The van der Waals surface area contributed by atoms with E-state index in [9.17, 15) is 8.78 Å². The van der Waals surface area contributed by atoms with Gasteiger partial charge in [0.25, 0.3) is 0 Å². The number of alkyl halides is 2. The quantitative estimate of drug-likeness (QED) is 0.848. The van der Waals surface area contributed by atoms with Crippen LogP contribution >= 0.6 is 0 Å². The molecule has 0 aliphatic heterocycles. The molecular formula is C15H21F2NO. The van der Waals surface area contributed by atoms with Gasteiger partial charge < -0.3 is 10.1 Å². The zero-order valence-corrected chi connectivity index (χ0v) is 11.2. The predicted octanol–water partition coefficient (Wildman–Crippen LogP) is 4.53. The monoisotopic (exact) mass is 269 g/mol. The molecule has 0 spiro atoms. The summed E-state index contributed by atoms with van der Waals surface area (Å²) in [7, 11) is 0. The first-order valence-corrected chi connectivity index (χ1v) is 6.92. The molecule has 0 bridgehead atoms. The van der Waals surface area contributed by atoms with Crippen LogP contribution in [0.4, 0.5) is 14.5 Å². The minimum absolute atomic E-state index is 0.206. The molecule has 0 unspecified atom stereocenters. The second-order valence-electron chi connectivity index (χ2n) is 5.41. The fourth-order valence-corrected chi connectivity index (χ4v) is 2.58. The molecule has 0 heterocycles. The SMILES string of the molecule is CC1CCC(CNc2cccc(OC(F)F)c2)CC1. The van der Waals surface area contributed by atoms with Crippen molar-refractivity contribution in [2.24, 2.45) is 11.8 Å². The molecule has 1 aromatic carbocycles. The van der Waals surface area contributed by atoms with E-state index in [-0.39, 0.29) is 5.75 Å². The van der Waals surface area contributed by atoms with Crippen molar-refractivity contribution in [3.05, 3.63) is 24.3 Å². The number of ether oxygens (including phenoxy) is 1. The molecule has 2 nitrogen and oxygen atoms in total. The Labute approximate surface area is 113 Å². The predicted molar refractivity (Wildman–Crippen MR) is 72.7 cm³/mol. The largest absolute Gasteiger partial charge is 0.435 e. The van der Waals surface area contributed by atoms with Crippen molar-refractivity contribution < 1.29 is 13.5 Å². The summed E-state index contributed by atoms with van der Waals surface area (Å²) in [5.41, 5.74) is 0.844. The molecule has 0 aromatic heterocycles. The average molecular weight is 269 g/mol. The Morgan fingerprint density at radius 1 is 1.26 bits per heavy atom. The van der Waals surface area contributed by atoms with Gasteiger partial charge in [0, 0.05) is 18.3 Å². The van der Waals surface area contributed by atoms with Crippen LogP contribution in [0.1, 0.15) is 32.6 Å². The number of halogens is 2. The normalized spacial score (nSPS) is 23.4. The number of nitrogens with one attached hydrogen (secondary N) is 1. The van der Waals surface area contributed by atoms with E-state index < -0.39 is 6.61 Å². The minimum Gasteiger partial charge on any atom is -0.435 e. The molecule has 4 heteroatoms. The Morgan fingerprint density at radius 2 is 2.00 bits per heavy atom. The summed E-state index contributed by atoms with van der Waals surface area (Å²) in [4.78, 5) is 0. The Morgan fingerprint density at radius 3 is 2.68 bits per heavy atom. The molecule has 0 saturated heterocycles. The summed E-state index contributed by atoms with van der Waals surface area (Å²) >= 11 is 0. The highest BCUT2D eigenvalue weighted by Crippen LogP contribution is 2.28. The molecule has 1 aliphatic rings. The molecule has 1 fully saturated rings. The highest BCUT2D eigenvalue weighted by atomic mass is 19.3. The van der Waals surface area contributed by atoms with Crippen LogP contribution in [0.25, 0.3) is 0 Å². The fraction of sp³-hybridized carbons (Fsp3) is 0.600. The Hall–Kier alpha value is -1.32. The van der Waals surface area contributed by atoms with E-state index in [1.165, 1.54) is 25.7 Å². The highest BCUT2D eigenvalue weighted by Gasteiger charge is 2.17. The van der Waals surface area contributed by atoms with Crippen molar-refractivity contribution >= 4 is 5.69 Å². The van der Waals surface area contributed by atoms with Gasteiger partial charge in [0.05, 0.1) is 0 Å². The van der Waals surface area contributed by atoms with Crippen molar-refractivity contribution in [2.45, 2.75) is 39.2 Å². The Balaban J connectivity index is 1.82. The van der Waals surface area contributed by atoms with Gasteiger partial charge in [0.1, 0.15) is 5.75 Å². The Bertz CT molecular complexity index is 389. The first-order chi connectivity index (χ1) is 9.13. The zero-order chi connectivity index (χ0) is 13.7. The van der Waals surface area contributed by atoms with Gasteiger partial charge >= 0.3 is 6.61 Å². The standard InChI is InChI=1S/C15H21F2NO/c1-11-5-7-12(8-6-11)10-18-13-3-2-4-14(9-13)19-15(16)17/h2-4,9,11-12,15,18H,5-8,10H2,1H3. The number of hydrogen-bond donors (Lipinski definition) is 1. The third kappa shape index (κ3) is 4.69. The van der Waals surface area contributed by atoms with Crippen LogP contribution in [0, 0.1) is 11.8 Å². The molecule has 1 saturated carbocycles. The van der Waals surface area contributed by atoms with Crippen LogP contribution in [-0.2, 0) is 0 Å². The van der Waals surface area contributed by atoms with Crippen LogP contribution in [0.15, 0.2) is 24.3 Å². The minimum atomic E-state index is -2.77. The van der Waals surface area contributed by atoms with Gasteiger partial charge in [0.2, 0.25) is 0 Å². The lowest BCUT2D eigenvalue weighted by Gasteiger charge is -2.26. The van der Waals surface area contributed by atoms with Crippen molar-refractivity contribution in [3.8, 4) is 5.75 Å². The molecule has 1 N–H and O–H groups in total. The lowest BCUT2D eigenvalue weighted by molar-refractivity contribution is -0.0498. The molecule has 2 rings (SSSR count). The summed E-state index contributed by atoms with van der Waals surface area (Å²) in [6.07, 6.45) is 5.09. The molecule has 19 heavy (non-hydrogen) atoms. The number of rotatable bonds is 5. The third-order valence-corrected chi connectivity index (χ3v) is 3.79. The lowest BCUT2D eigenvalue weighted by atomic mass is 9.83. The Kier molecular flexibility index (Phi) is 5.00. The van der Waals surface area contributed by atoms with E-state index >= 15 is 0 Å².